The zero-order chi connectivity index (χ0) is 72.4. The Morgan fingerprint density at radius 1 is 0.286 bits per heavy atom. The monoisotopic (exact) mass is 1440 g/mol. The predicted octanol–water partition coefficient (Wildman–Crippen LogP) is 23.2. The van der Waals surface area contributed by atoms with Crippen LogP contribution in [0.1, 0.15) is 402 Å². The van der Waals surface area contributed by atoms with Crippen molar-refractivity contribution >= 4 is 39.5 Å². The molecule has 0 aromatic rings. The Morgan fingerprint density at radius 3 is 0.724 bits per heavy atom. The predicted molar refractivity (Wildman–Crippen MR) is 400 cm³/mol. The summed E-state index contributed by atoms with van der Waals surface area (Å²) in [7, 11) is -9.92. The van der Waals surface area contributed by atoms with Crippen LogP contribution in [-0.2, 0) is 65.4 Å². The number of phosphoric acid groups is 2. The summed E-state index contributed by atoms with van der Waals surface area (Å²) in [5.41, 5.74) is 0. The van der Waals surface area contributed by atoms with Crippen molar-refractivity contribution < 1.29 is 80.2 Å². The second-order valence-electron chi connectivity index (χ2n) is 30.1. The number of hydrogen-bond donors (Lipinski definition) is 3. The third-order valence-electron chi connectivity index (χ3n) is 18.7. The number of esters is 4. The molecule has 0 saturated carbocycles. The normalized spacial score (nSPS) is 14.3. The maximum Gasteiger partial charge on any atom is 0.472 e. The van der Waals surface area contributed by atoms with Gasteiger partial charge in [-0.05, 0) is 49.4 Å². The van der Waals surface area contributed by atoms with Gasteiger partial charge in [0.1, 0.15) is 19.3 Å². The van der Waals surface area contributed by atoms with Crippen LogP contribution in [0.2, 0.25) is 0 Å². The van der Waals surface area contributed by atoms with Gasteiger partial charge < -0.3 is 33.8 Å². The molecule has 0 fully saturated rings. The standard InChI is InChI=1S/C79H154O17P2/c1-9-72(8)58-50-42-34-26-20-14-10-11-15-21-27-35-43-51-59-76(81)89-65-74(95-79(84)62-54-46-37-29-23-17-19-25-32-40-48-56-70(4)5)67-93-97(85,86)91-63-73(80)64-92-98(87,88)94-68-75(66-90-77(82)60-52-44-38-30-33-41-49-57-71(6)7)96-78(83)61-53-45-36-28-22-16-12-13-18-24-31-39-47-55-69(2)3/h69-75,80H,9-68H2,1-8H3,(H,85,86)(H,87,88)/t72?,73?,74-,75-/m1/s1. The van der Waals surface area contributed by atoms with Gasteiger partial charge in [0.15, 0.2) is 12.2 Å². The van der Waals surface area contributed by atoms with E-state index in [0.717, 1.165) is 114 Å². The lowest BCUT2D eigenvalue weighted by molar-refractivity contribution is -0.161. The fourth-order valence-corrected chi connectivity index (χ4v) is 13.6. The van der Waals surface area contributed by atoms with E-state index in [1.807, 2.05) is 0 Å². The maximum atomic E-state index is 13.1. The van der Waals surface area contributed by atoms with Crippen molar-refractivity contribution in [2.75, 3.05) is 39.6 Å². The number of hydrogen-bond acceptors (Lipinski definition) is 15. The molecule has 0 aliphatic rings. The third-order valence-corrected chi connectivity index (χ3v) is 20.6. The highest BCUT2D eigenvalue weighted by Crippen LogP contribution is 2.45. The molecule has 0 aromatic carbocycles. The summed E-state index contributed by atoms with van der Waals surface area (Å²) in [6, 6.07) is 0. The highest BCUT2D eigenvalue weighted by atomic mass is 31.2. The van der Waals surface area contributed by atoms with Crippen molar-refractivity contribution in [2.45, 2.75) is 420 Å². The Labute approximate surface area is 600 Å². The Morgan fingerprint density at radius 2 is 0.490 bits per heavy atom. The van der Waals surface area contributed by atoms with E-state index in [9.17, 15) is 43.2 Å². The molecule has 0 amide bonds. The van der Waals surface area contributed by atoms with Crippen LogP contribution in [-0.4, -0.2) is 96.7 Å². The number of aliphatic hydroxyl groups is 1. The van der Waals surface area contributed by atoms with Crippen molar-refractivity contribution in [1.82, 2.24) is 0 Å². The van der Waals surface area contributed by atoms with Gasteiger partial charge in [0.25, 0.3) is 0 Å². The fourth-order valence-electron chi connectivity index (χ4n) is 12.0. The Bertz CT molecular complexity index is 1920. The summed E-state index contributed by atoms with van der Waals surface area (Å²) in [4.78, 5) is 72.9. The van der Waals surface area contributed by atoms with E-state index in [2.05, 4.69) is 55.4 Å². The largest absolute Gasteiger partial charge is 0.472 e. The lowest BCUT2D eigenvalue weighted by Crippen LogP contribution is -2.30. The lowest BCUT2D eigenvalue weighted by atomic mass is 9.99. The van der Waals surface area contributed by atoms with Gasteiger partial charge in [0.05, 0.1) is 26.4 Å². The summed E-state index contributed by atoms with van der Waals surface area (Å²) in [5, 5.41) is 10.6. The van der Waals surface area contributed by atoms with Gasteiger partial charge in [-0.1, -0.05) is 351 Å². The van der Waals surface area contributed by atoms with Gasteiger partial charge in [-0.25, -0.2) is 9.13 Å². The molecule has 0 aliphatic carbocycles. The van der Waals surface area contributed by atoms with E-state index in [0.29, 0.717) is 31.6 Å². The first-order chi connectivity index (χ1) is 47.1. The maximum absolute atomic E-state index is 13.1. The minimum atomic E-state index is -4.96. The number of carbonyl (C=O) groups is 4. The van der Waals surface area contributed by atoms with Gasteiger partial charge in [-0.3, -0.25) is 37.3 Å². The van der Waals surface area contributed by atoms with Crippen molar-refractivity contribution in [2.24, 2.45) is 23.7 Å². The Balaban J connectivity index is 5.24. The molecule has 98 heavy (non-hydrogen) atoms. The first-order valence-corrected chi connectivity index (χ1v) is 43.7. The molecule has 0 saturated heterocycles. The quantitative estimate of drug-likeness (QED) is 0.0222. The number of phosphoric ester groups is 2. The molecule has 0 radical (unpaired) electrons. The van der Waals surface area contributed by atoms with Crippen LogP contribution in [0.3, 0.4) is 0 Å². The summed E-state index contributed by atoms with van der Waals surface area (Å²) in [6.07, 6.45) is 54.1. The average molecular weight is 1440 g/mol. The van der Waals surface area contributed by atoms with Gasteiger partial charge >= 0.3 is 39.5 Å². The highest BCUT2D eigenvalue weighted by Gasteiger charge is 2.30. The van der Waals surface area contributed by atoms with Crippen LogP contribution in [0.25, 0.3) is 0 Å². The minimum Gasteiger partial charge on any atom is -0.462 e. The number of aliphatic hydroxyl groups excluding tert-OH is 1. The number of unbranched alkanes of at least 4 members (excludes halogenated alkanes) is 41. The molecule has 4 unspecified atom stereocenters. The van der Waals surface area contributed by atoms with Gasteiger partial charge in [-0.15, -0.1) is 0 Å². The molecule has 0 spiro atoms. The molecule has 0 aliphatic heterocycles. The van der Waals surface area contributed by atoms with Crippen LogP contribution < -0.4 is 0 Å². The third kappa shape index (κ3) is 71.1. The van der Waals surface area contributed by atoms with Crippen LogP contribution in [0.5, 0.6) is 0 Å². The van der Waals surface area contributed by atoms with Gasteiger partial charge in [-0.2, -0.15) is 0 Å². The summed E-state index contributed by atoms with van der Waals surface area (Å²) < 4.78 is 68.6. The molecule has 19 heteroatoms. The van der Waals surface area contributed by atoms with Crippen LogP contribution in [0.4, 0.5) is 0 Å². The summed E-state index contributed by atoms with van der Waals surface area (Å²) in [6.45, 7) is 14.2. The lowest BCUT2D eigenvalue weighted by Gasteiger charge is -2.21. The topological polar surface area (TPSA) is 237 Å². The van der Waals surface area contributed by atoms with Crippen molar-refractivity contribution in [3.05, 3.63) is 0 Å². The van der Waals surface area contributed by atoms with Gasteiger partial charge in [0, 0.05) is 25.7 Å². The molecule has 3 N–H and O–H groups in total. The minimum absolute atomic E-state index is 0.106. The van der Waals surface area contributed by atoms with Crippen molar-refractivity contribution in [1.29, 1.82) is 0 Å². The van der Waals surface area contributed by atoms with E-state index >= 15 is 0 Å². The van der Waals surface area contributed by atoms with E-state index < -0.39 is 97.5 Å². The van der Waals surface area contributed by atoms with E-state index in [1.165, 1.54) is 199 Å². The summed E-state index contributed by atoms with van der Waals surface area (Å²) >= 11 is 0. The summed E-state index contributed by atoms with van der Waals surface area (Å²) in [5.74, 6) is 0.990. The first-order valence-electron chi connectivity index (χ1n) is 40.7. The fraction of sp³-hybridized carbons (Fsp3) is 0.949. The van der Waals surface area contributed by atoms with Gasteiger partial charge in [0.2, 0.25) is 0 Å². The first kappa shape index (κ1) is 96.1. The molecule has 0 heterocycles. The molecule has 0 bridgehead atoms. The highest BCUT2D eigenvalue weighted by molar-refractivity contribution is 7.47. The second-order valence-corrected chi connectivity index (χ2v) is 33.0. The van der Waals surface area contributed by atoms with E-state index in [4.69, 9.17) is 37.0 Å². The van der Waals surface area contributed by atoms with E-state index in [-0.39, 0.29) is 25.7 Å². The van der Waals surface area contributed by atoms with Crippen LogP contribution >= 0.6 is 15.6 Å². The van der Waals surface area contributed by atoms with E-state index in [1.54, 1.807) is 0 Å². The molecule has 6 atom stereocenters. The number of ether oxygens (including phenoxy) is 4. The number of rotatable bonds is 76. The smallest absolute Gasteiger partial charge is 0.462 e. The Kier molecular flexibility index (Phi) is 66.8. The number of carbonyl (C=O) groups excluding carboxylic acids is 4. The molecule has 17 nitrogen and oxygen atoms in total. The van der Waals surface area contributed by atoms with Crippen LogP contribution in [0.15, 0.2) is 0 Å². The SMILES string of the molecule is CCC(C)CCCCCCCCCCCCCCCCC(=O)OC[C@H](COP(=O)(O)OCC(O)COP(=O)(O)OC[C@@H](COC(=O)CCCCCCCCCC(C)C)OC(=O)CCCCCCCCCCCCCCCC(C)C)OC(=O)CCCCCCCCCCCCCC(C)C. The Hall–Kier alpha value is -1.94. The molecular weight excluding hydrogens is 1280 g/mol. The van der Waals surface area contributed by atoms with Crippen molar-refractivity contribution in [3.63, 3.8) is 0 Å². The zero-order valence-corrected chi connectivity index (χ0v) is 66.2. The molecule has 582 valence electrons. The molecule has 0 aromatic heterocycles. The van der Waals surface area contributed by atoms with Crippen molar-refractivity contribution in [3.8, 4) is 0 Å². The van der Waals surface area contributed by atoms with Crippen LogP contribution in [0, 0.1) is 23.7 Å². The molecular formula is C79H154O17P2. The second kappa shape index (κ2) is 68.2. The molecule has 0 rings (SSSR count). The average Bonchev–Trinajstić information content (AvgIpc) is 2.58. The zero-order valence-electron chi connectivity index (χ0n) is 64.4.